The number of aryl methyl sites for hydroxylation is 1. The average molecular weight is 373 g/mol. The number of nitrogens with one attached hydrogen (secondary N) is 1. The maximum absolute atomic E-state index is 13.3. The third-order valence-electron chi connectivity index (χ3n) is 2.85. The maximum atomic E-state index is 13.3. The van der Waals surface area contributed by atoms with Gasteiger partial charge in [-0.15, -0.1) is 0 Å². The number of halogens is 3. The predicted octanol–water partition coefficient (Wildman–Crippen LogP) is 4.81. The number of anilines is 1. The fourth-order valence-electron chi connectivity index (χ4n) is 1.81. The second-order valence-corrected chi connectivity index (χ2v) is 5.74. The molecular weight excluding hydrogens is 361 g/mol. The lowest BCUT2D eigenvalue weighted by Crippen LogP contribution is -2.13. The van der Waals surface area contributed by atoms with Gasteiger partial charge in [0.1, 0.15) is 11.6 Å². The van der Waals surface area contributed by atoms with Crippen molar-refractivity contribution in [1.29, 1.82) is 0 Å². The van der Waals surface area contributed by atoms with Gasteiger partial charge in [0.05, 0.1) is 12.8 Å². The van der Waals surface area contributed by atoms with Crippen molar-refractivity contribution in [2.24, 2.45) is 0 Å². The highest BCUT2D eigenvalue weighted by Crippen LogP contribution is 2.31. The Bertz CT molecular complexity index is 686. The Morgan fingerprint density at radius 2 is 2.00 bits per heavy atom. The van der Waals surface area contributed by atoms with Crippen molar-refractivity contribution in [3.8, 4) is 5.75 Å². The first-order valence-electron chi connectivity index (χ1n) is 6.02. The monoisotopic (exact) mass is 371 g/mol. The fourth-order valence-corrected chi connectivity index (χ4v) is 2.43. The van der Waals surface area contributed by atoms with Crippen LogP contribution in [0.5, 0.6) is 5.75 Å². The summed E-state index contributed by atoms with van der Waals surface area (Å²) in [5.74, 6) is -0.488. The zero-order valence-electron chi connectivity index (χ0n) is 11.3. The molecule has 0 radical (unpaired) electrons. The Morgan fingerprint density at radius 3 is 2.62 bits per heavy atom. The Kier molecular flexibility index (Phi) is 4.85. The Balaban J connectivity index is 2.33. The quantitative estimate of drug-likeness (QED) is 0.839. The van der Waals surface area contributed by atoms with Crippen molar-refractivity contribution in [2.45, 2.75) is 6.92 Å². The van der Waals surface area contributed by atoms with Crippen LogP contribution in [0.3, 0.4) is 0 Å². The van der Waals surface area contributed by atoms with Gasteiger partial charge in [-0.05, 0) is 36.8 Å². The van der Waals surface area contributed by atoms with E-state index in [9.17, 15) is 9.18 Å². The lowest BCUT2D eigenvalue weighted by Gasteiger charge is -2.12. The predicted molar refractivity (Wildman–Crippen MR) is 84.8 cm³/mol. The van der Waals surface area contributed by atoms with Crippen LogP contribution >= 0.6 is 27.5 Å². The van der Waals surface area contributed by atoms with E-state index in [1.54, 1.807) is 12.1 Å². The highest BCUT2D eigenvalue weighted by atomic mass is 79.9. The van der Waals surface area contributed by atoms with Crippen molar-refractivity contribution >= 4 is 39.1 Å². The van der Waals surface area contributed by atoms with Gasteiger partial charge >= 0.3 is 0 Å². The molecule has 0 unspecified atom stereocenters. The second-order valence-electron chi connectivity index (χ2n) is 4.41. The van der Waals surface area contributed by atoms with Crippen LogP contribution in [0.1, 0.15) is 15.9 Å². The average Bonchev–Trinajstić information content (AvgIpc) is 2.41. The molecule has 2 rings (SSSR count). The van der Waals surface area contributed by atoms with E-state index in [1.807, 2.05) is 6.92 Å². The Labute approximate surface area is 135 Å². The fraction of sp³-hybridized carbons (Fsp3) is 0.133. The van der Waals surface area contributed by atoms with E-state index in [1.165, 1.54) is 19.2 Å². The third-order valence-corrected chi connectivity index (χ3v) is 3.72. The molecular formula is C15H12BrClFNO2. The van der Waals surface area contributed by atoms with Gasteiger partial charge in [0.15, 0.2) is 0 Å². The number of carbonyl (C=O) groups excluding carboxylic acids is 1. The summed E-state index contributed by atoms with van der Waals surface area (Å²) >= 11 is 9.17. The van der Waals surface area contributed by atoms with Crippen molar-refractivity contribution in [2.75, 3.05) is 12.4 Å². The minimum atomic E-state index is -0.492. The highest BCUT2D eigenvalue weighted by molar-refractivity contribution is 9.10. The zero-order valence-corrected chi connectivity index (χ0v) is 13.7. The largest absolute Gasteiger partial charge is 0.495 e. The Morgan fingerprint density at radius 1 is 1.29 bits per heavy atom. The van der Waals surface area contributed by atoms with Crippen molar-refractivity contribution < 1.29 is 13.9 Å². The van der Waals surface area contributed by atoms with E-state index < -0.39 is 11.7 Å². The molecule has 1 amide bonds. The number of rotatable bonds is 3. The molecule has 0 aliphatic carbocycles. The summed E-state index contributed by atoms with van der Waals surface area (Å²) in [6, 6.07) is 7.30. The van der Waals surface area contributed by atoms with Crippen LogP contribution in [0, 0.1) is 12.7 Å². The second kappa shape index (κ2) is 6.45. The molecule has 0 heterocycles. The Hall–Kier alpha value is -1.59. The van der Waals surface area contributed by atoms with Gasteiger partial charge in [0.2, 0.25) is 0 Å². The van der Waals surface area contributed by atoms with Crippen LogP contribution in [0.25, 0.3) is 0 Å². The SMILES string of the molecule is COc1cc(Cl)c(C)cc1NC(=O)c1cc(F)cc(Br)c1. The number of methoxy groups -OCH3 is 1. The molecule has 0 atom stereocenters. The van der Waals surface area contributed by atoms with Crippen molar-refractivity contribution in [1.82, 2.24) is 0 Å². The van der Waals surface area contributed by atoms with E-state index in [0.717, 1.165) is 11.6 Å². The van der Waals surface area contributed by atoms with Crippen LogP contribution in [0.15, 0.2) is 34.8 Å². The first-order chi connectivity index (χ1) is 9.90. The molecule has 2 aromatic carbocycles. The van der Waals surface area contributed by atoms with Crippen molar-refractivity contribution in [3.05, 3.63) is 56.8 Å². The number of benzene rings is 2. The summed E-state index contributed by atoms with van der Waals surface area (Å²) < 4.78 is 19.0. The van der Waals surface area contributed by atoms with E-state index in [-0.39, 0.29) is 5.56 Å². The minimum absolute atomic E-state index is 0.205. The summed E-state index contributed by atoms with van der Waals surface area (Å²) in [4.78, 5) is 12.2. The van der Waals surface area contributed by atoms with Gasteiger partial charge in [-0.1, -0.05) is 27.5 Å². The zero-order chi connectivity index (χ0) is 15.6. The molecule has 21 heavy (non-hydrogen) atoms. The minimum Gasteiger partial charge on any atom is -0.495 e. The third kappa shape index (κ3) is 3.74. The number of hydrogen-bond donors (Lipinski definition) is 1. The molecule has 0 saturated heterocycles. The molecule has 0 spiro atoms. The summed E-state index contributed by atoms with van der Waals surface area (Å²) in [5, 5.41) is 3.23. The van der Waals surface area contributed by atoms with Crippen LogP contribution in [-0.4, -0.2) is 13.0 Å². The molecule has 6 heteroatoms. The van der Waals surface area contributed by atoms with E-state index >= 15 is 0 Å². The summed E-state index contributed by atoms with van der Waals surface area (Å²) in [6.07, 6.45) is 0. The molecule has 110 valence electrons. The lowest BCUT2D eigenvalue weighted by atomic mass is 10.1. The maximum Gasteiger partial charge on any atom is 0.255 e. The number of ether oxygens (including phenoxy) is 1. The van der Waals surface area contributed by atoms with Gasteiger partial charge < -0.3 is 10.1 Å². The molecule has 1 N–H and O–H groups in total. The van der Waals surface area contributed by atoms with Gasteiger partial charge in [-0.25, -0.2) is 4.39 Å². The van der Waals surface area contributed by atoms with Crippen LogP contribution in [0.2, 0.25) is 5.02 Å². The van der Waals surface area contributed by atoms with E-state index in [4.69, 9.17) is 16.3 Å². The summed E-state index contributed by atoms with van der Waals surface area (Å²) in [7, 11) is 1.48. The van der Waals surface area contributed by atoms with Crippen LogP contribution < -0.4 is 10.1 Å². The summed E-state index contributed by atoms with van der Waals surface area (Å²) in [6.45, 7) is 1.82. The van der Waals surface area contributed by atoms with Crippen molar-refractivity contribution in [3.63, 3.8) is 0 Å². The van der Waals surface area contributed by atoms with Gasteiger partial charge in [0, 0.05) is 21.1 Å². The first kappa shape index (κ1) is 15.8. The normalized spacial score (nSPS) is 10.3. The summed E-state index contributed by atoms with van der Waals surface area (Å²) in [5.41, 5.74) is 1.48. The van der Waals surface area contributed by atoms with Gasteiger partial charge in [-0.3, -0.25) is 4.79 Å². The number of amides is 1. The molecule has 0 saturated carbocycles. The molecule has 2 aromatic rings. The highest BCUT2D eigenvalue weighted by Gasteiger charge is 2.13. The van der Waals surface area contributed by atoms with E-state index in [0.29, 0.717) is 20.9 Å². The standard InChI is InChI=1S/C15H12BrClFNO2/c1-8-3-13(14(21-2)7-12(8)17)19-15(20)9-4-10(16)6-11(18)5-9/h3-7H,1-2H3,(H,19,20). The lowest BCUT2D eigenvalue weighted by molar-refractivity contribution is 0.102. The molecule has 0 aromatic heterocycles. The smallest absolute Gasteiger partial charge is 0.255 e. The van der Waals surface area contributed by atoms with Gasteiger partial charge in [0.25, 0.3) is 5.91 Å². The molecule has 0 fully saturated rings. The molecule has 0 aliphatic rings. The number of carbonyl (C=O) groups is 1. The van der Waals surface area contributed by atoms with Crippen LogP contribution in [0.4, 0.5) is 10.1 Å². The van der Waals surface area contributed by atoms with Gasteiger partial charge in [-0.2, -0.15) is 0 Å². The number of hydrogen-bond acceptors (Lipinski definition) is 2. The van der Waals surface area contributed by atoms with E-state index in [2.05, 4.69) is 21.2 Å². The first-order valence-corrected chi connectivity index (χ1v) is 7.19. The molecule has 3 nitrogen and oxygen atoms in total. The molecule has 0 aliphatic heterocycles. The molecule has 0 bridgehead atoms. The topological polar surface area (TPSA) is 38.3 Å². The van der Waals surface area contributed by atoms with Crippen LogP contribution in [-0.2, 0) is 0 Å².